The molecule has 1 aliphatic heterocycles. The Kier molecular flexibility index (Phi) is 7.86. The van der Waals surface area contributed by atoms with Crippen molar-refractivity contribution < 1.29 is 24.2 Å². The summed E-state index contributed by atoms with van der Waals surface area (Å²) < 4.78 is 12.1. The van der Waals surface area contributed by atoms with Crippen molar-refractivity contribution in [2.24, 2.45) is 0 Å². The number of amides is 1. The van der Waals surface area contributed by atoms with E-state index < -0.39 is 17.7 Å². The number of anilines is 1. The van der Waals surface area contributed by atoms with Crippen LogP contribution in [0.1, 0.15) is 43.9 Å². The van der Waals surface area contributed by atoms with Crippen molar-refractivity contribution in [1.82, 2.24) is 4.98 Å². The van der Waals surface area contributed by atoms with E-state index in [1.807, 2.05) is 13.8 Å². The van der Waals surface area contributed by atoms with Gasteiger partial charge in [-0.2, -0.15) is 0 Å². The lowest BCUT2D eigenvalue weighted by atomic mass is 9.95. The number of ketones is 1. The summed E-state index contributed by atoms with van der Waals surface area (Å²) in [6.07, 6.45) is 1.73. The number of halogens is 1. The van der Waals surface area contributed by atoms with Crippen LogP contribution in [0.5, 0.6) is 11.5 Å². The number of fused-ring (bicyclic) bond motifs is 1. The number of ether oxygens (including phenoxy) is 2. The van der Waals surface area contributed by atoms with Crippen molar-refractivity contribution in [3.8, 4) is 11.5 Å². The first kappa shape index (κ1) is 26.7. The lowest BCUT2D eigenvalue weighted by molar-refractivity contribution is -0.132. The number of aliphatic hydroxyl groups is 1. The second-order valence-electron chi connectivity index (χ2n) is 9.07. The van der Waals surface area contributed by atoms with Gasteiger partial charge in [0.05, 0.1) is 35.0 Å². The van der Waals surface area contributed by atoms with Gasteiger partial charge in [0.2, 0.25) is 0 Å². The molecule has 7 nitrogen and oxygen atoms in total. The Labute approximate surface area is 235 Å². The van der Waals surface area contributed by atoms with Gasteiger partial charge in [0.1, 0.15) is 17.3 Å². The van der Waals surface area contributed by atoms with E-state index in [0.717, 1.165) is 17.5 Å². The summed E-state index contributed by atoms with van der Waals surface area (Å²) >= 11 is 7.43. The summed E-state index contributed by atoms with van der Waals surface area (Å²) in [7, 11) is 0. The molecule has 1 fully saturated rings. The quantitative estimate of drug-likeness (QED) is 0.132. The summed E-state index contributed by atoms with van der Waals surface area (Å²) in [4.78, 5) is 32.9. The van der Waals surface area contributed by atoms with Gasteiger partial charge in [-0.25, -0.2) is 4.98 Å². The number of aliphatic hydroxyl groups excluding tert-OH is 1. The Bertz CT molecular complexity index is 1550. The largest absolute Gasteiger partial charge is 0.507 e. The van der Waals surface area contributed by atoms with E-state index in [0.29, 0.717) is 51.5 Å². The number of benzene rings is 3. The van der Waals surface area contributed by atoms with E-state index in [9.17, 15) is 14.7 Å². The van der Waals surface area contributed by atoms with Crippen LogP contribution in [0.4, 0.5) is 5.13 Å². The van der Waals surface area contributed by atoms with Crippen molar-refractivity contribution >= 4 is 55.7 Å². The molecule has 3 aromatic carbocycles. The normalized spacial score (nSPS) is 16.7. The zero-order valence-corrected chi connectivity index (χ0v) is 23.1. The average Bonchev–Trinajstić information content (AvgIpc) is 3.48. The molecule has 1 N–H and O–H groups in total. The molecule has 1 aromatic heterocycles. The molecule has 5 rings (SSSR count). The number of aromatic nitrogens is 1. The molecule has 2 heterocycles. The van der Waals surface area contributed by atoms with Crippen LogP contribution in [-0.2, 0) is 9.59 Å². The van der Waals surface area contributed by atoms with Crippen LogP contribution in [-0.4, -0.2) is 35.0 Å². The summed E-state index contributed by atoms with van der Waals surface area (Å²) in [6.45, 7) is 5.18. The highest BCUT2D eigenvalue weighted by molar-refractivity contribution is 7.22. The second kappa shape index (κ2) is 11.5. The zero-order valence-electron chi connectivity index (χ0n) is 21.5. The van der Waals surface area contributed by atoms with Crippen molar-refractivity contribution in [3.05, 3.63) is 88.5 Å². The Balaban J connectivity index is 1.62. The van der Waals surface area contributed by atoms with E-state index in [1.54, 1.807) is 66.7 Å². The van der Waals surface area contributed by atoms with Crippen LogP contribution >= 0.6 is 22.9 Å². The van der Waals surface area contributed by atoms with E-state index >= 15 is 0 Å². The number of carbonyl (C=O) groups excluding carboxylic acids is 2. The van der Waals surface area contributed by atoms with E-state index in [4.69, 9.17) is 21.1 Å². The van der Waals surface area contributed by atoms with Crippen LogP contribution in [0.3, 0.4) is 0 Å². The molecule has 1 saturated heterocycles. The standard InChI is InChI=1S/C30H27ClN2O5S/c1-3-15-37-21-10-5-18(6-11-21)26-25(27(34)19-7-12-22(13-8-19)38-16-4-2)28(35)29(36)33(26)30-32-23-14-9-20(31)17-24(23)39-30/h5-14,17,26,34H,3-4,15-16H2,1-2H3/b27-25+. The topological polar surface area (TPSA) is 89.0 Å². The molecule has 0 spiro atoms. The number of thiazole rings is 1. The highest BCUT2D eigenvalue weighted by Crippen LogP contribution is 2.44. The van der Waals surface area contributed by atoms with Gasteiger partial charge in [0.15, 0.2) is 5.13 Å². The fourth-order valence-electron chi connectivity index (χ4n) is 4.39. The van der Waals surface area contributed by atoms with Crippen LogP contribution in [0.25, 0.3) is 16.0 Å². The Morgan fingerprint density at radius 1 is 0.949 bits per heavy atom. The molecular formula is C30H27ClN2O5S. The van der Waals surface area contributed by atoms with Gasteiger partial charge in [-0.1, -0.05) is 48.9 Å². The Hall–Kier alpha value is -3.88. The third-order valence-corrected chi connectivity index (χ3v) is 7.51. The van der Waals surface area contributed by atoms with Gasteiger partial charge in [-0.15, -0.1) is 0 Å². The molecule has 9 heteroatoms. The van der Waals surface area contributed by atoms with Crippen molar-refractivity contribution in [3.63, 3.8) is 0 Å². The summed E-state index contributed by atoms with van der Waals surface area (Å²) in [5, 5.41) is 12.3. The number of rotatable bonds is 9. The minimum atomic E-state index is -0.891. The monoisotopic (exact) mass is 562 g/mol. The maximum absolute atomic E-state index is 13.5. The van der Waals surface area contributed by atoms with Gasteiger partial charge in [-0.3, -0.25) is 14.5 Å². The minimum absolute atomic E-state index is 0.0123. The molecule has 0 saturated carbocycles. The molecule has 1 amide bonds. The van der Waals surface area contributed by atoms with Crippen molar-refractivity contribution in [2.75, 3.05) is 18.1 Å². The molecule has 200 valence electrons. The fourth-order valence-corrected chi connectivity index (χ4v) is 5.65. The van der Waals surface area contributed by atoms with Crippen LogP contribution in [0.2, 0.25) is 5.02 Å². The predicted molar refractivity (Wildman–Crippen MR) is 154 cm³/mol. The molecule has 0 aliphatic carbocycles. The van der Waals surface area contributed by atoms with E-state index in [1.165, 1.54) is 16.2 Å². The maximum Gasteiger partial charge on any atom is 0.301 e. The highest BCUT2D eigenvalue weighted by atomic mass is 35.5. The third-order valence-electron chi connectivity index (χ3n) is 6.26. The van der Waals surface area contributed by atoms with Crippen LogP contribution in [0, 0.1) is 0 Å². The van der Waals surface area contributed by atoms with Gasteiger partial charge in [-0.05, 0) is 73.0 Å². The SMILES string of the molecule is CCCOc1ccc(/C(O)=C2\C(=O)C(=O)N(c3nc4ccc(Cl)cc4s3)C2c2ccc(OCCC)cc2)cc1. The Morgan fingerprint density at radius 2 is 1.56 bits per heavy atom. The average molecular weight is 563 g/mol. The number of carbonyl (C=O) groups is 2. The smallest absolute Gasteiger partial charge is 0.301 e. The second-order valence-corrected chi connectivity index (χ2v) is 10.5. The van der Waals surface area contributed by atoms with Gasteiger partial charge < -0.3 is 14.6 Å². The maximum atomic E-state index is 13.5. The lowest BCUT2D eigenvalue weighted by Gasteiger charge is -2.23. The Morgan fingerprint density at radius 3 is 2.18 bits per heavy atom. The number of nitrogens with zero attached hydrogens (tertiary/aromatic N) is 2. The van der Waals surface area contributed by atoms with Gasteiger partial charge in [0.25, 0.3) is 5.78 Å². The van der Waals surface area contributed by atoms with E-state index in [-0.39, 0.29) is 11.3 Å². The molecule has 0 radical (unpaired) electrons. The molecule has 4 aromatic rings. The first-order chi connectivity index (χ1) is 18.9. The molecule has 1 unspecified atom stereocenters. The molecule has 0 bridgehead atoms. The number of Topliss-reactive ketones (excluding diaryl/α,β-unsaturated/α-hetero) is 1. The summed E-state index contributed by atoms with van der Waals surface area (Å²) in [5.41, 5.74) is 1.69. The molecule has 39 heavy (non-hydrogen) atoms. The highest BCUT2D eigenvalue weighted by Gasteiger charge is 2.48. The zero-order chi connectivity index (χ0) is 27.5. The van der Waals surface area contributed by atoms with E-state index in [2.05, 4.69) is 4.98 Å². The first-order valence-corrected chi connectivity index (χ1v) is 13.9. The molecule has 1 atom stereocenters. The summed E-state index contributed by atoms with van der Waals surface area (Å²) in [6, 6.07) is 18.4. The first-order valence-electron chi connectivity index (χ1n) is 12.7. The molecular weight excluding hydrogens is 536 g/mol. The van der Waals surface area contributed by atoms with Crippen molar-refractivity contribution in [2.45, 2.75) is 32.7 Å². The number of hydrogen-bond acceptors (Lipinski definition) is 7. The van der Waals surface area contributed by atoms with Gasteiger partial charge in [0, 0.05) is 10.6 Å². The minimum Gasteiger partial charge on any atom is -0.507 e. The van der Waals surface area contributed by atoms with Crippen LogP contribution in [0.15, 0.2) is 72.3 Å². The predicted octanol–water partition coefficient (Wildman–Crippen LogP) is 7.15. The van der Waals surface area contributed by atoms with Gasteiger partial charge >= 0.3 is 5.91 Å². The fraction of sp³-hybridized carbons (Fsp3) is 0.233. The lowest BCUT2D eigenvalue weighted by Crippen LogP contribution is -2.29. The molecule has 1 aliphatic rings. The summed E-state index contributed by atoms with van der Waals surface area (Å²) in [5.74, 6) is -0.484. The third kappa shape index (κ3) is 5.35. The number of hydrogen-bond donors (Lipinski definition) is 1. The van der Waals surface area contributed by atoms with Crippen molar-refractivity contribution in [1.29, 1.82) is 0 Å². The van der Waals surface area contributed by atoms with Crippen LogP contribution < -0.4 is 14.4 Å².